The first kappa shape index (κ1) is 14.6. The van der Waals surface area contributed by atoms with Gasteiger partial charge in [0.1, 0.15) is 0 Å². The highest BCUT2D eigenvalue weighted by Crippen LogP contribution is 2.26. The zero-order valence-electron chi connectivity index (χ0n) is 13.3. The van der Waals surface area contributed by atoms with Crippen LogP contribution < -0.4 is 5.32 Å². The number of hydrogen-bond donors (Lipinski definition) is 2. The number of nitrogens with one attached hydrogen (secondary N) is 2. The summed E-state index contributed by atoms with van der Waals surface area (Å²) < 4.78 is 0. The van der Waals surface area contributed by atoms with Crippen LogP contribution in [-0.4, -0.2) is 10.2 Å². The fraction of sp³-hybridized carbons (Fsp3) is 0.471. The van der Waals surface area contributed by atoms with Crippen LogP contribution in [0.5, 0.6) is 0 Å². The van der Waals surface area contributed by atoms with Crippen molar-refractivity contribution in [3.05, 3.63) is 46.8 Å². The molecule has 1 aromatic heterocycles. The lowest BCUT2D eigenvalue weighted by Gasteiger charge is -2.21. The van der Waals surface area contributed by atoms with Crippen molar-refractivity contribution in [2.24, 2.45) is 0 Å². The lowest BCUT2D eigenvalue weighted by Crippen LogP contribution is -2.12. The molecule has 1 atom stereocenters. The van der Waals surface area contributed by atoms with E-state index in [1.54, 1.807) is 0 Å². The highest BCUT2D eigenvalue weighted by Gasteiger charge is 2.15. The van der Waals surface area contributed by atoms with E-state index >= 15 is 0 Å². The first-order valence-electron chi connectivity index (χ1n) is 7.17. The predicted molar refractivity (Wildman–Crippen MR) is 85.2 cm³/mol. The van der Waals surface area contributed by atoms with Crippen LogP contribution in [0.15, 0.2) is 24.3 Å². The fourth-order valence-electron chi connectivity index (χ4n) is 2.34. The van der Waals surface area contributed by atoms with Crippen molar-refractivity contribution in [2.45, 2.75) is 53.0 Å². The molecule has 1 aromatic carbocycles. The standard InChI is InChI=1S/C17H25N3/c1-11(18-16-12(2)19-20-13(16)3)14-7-9-15(10-8-14)17(4,5)6/h7-11,18H,1-6H3,(H,19,20). The Kier molecular flexibility index (Phi) is 3.89. The third kappa shape index (κ3) is 3.03. The first-order valence-corrected chi connectivity index (χ1v) is 7.17. The second kappa shape index (κ2) is 5.31. The first-order chi connectivity index (χ1) is 9.29. The molecule has 3 nitrogen and oxygen atoms in total. The Morgan fingerprint density at radius 3 is 2.15 bits per heavy atom. The summed E-state index contributed by atoms with van der Waals surface area (Å²) in [6.07, 6.45) is 0. The summed E-state index contributed by atoms with van der Waals surface area (Å²) in [5, 5.41) is 10.8. The third-order valence-electron chi connectivity index (χ3n) is 3.77. The molecule has 2 rings (SSSR count). The Labute approximate surface area is 121 Å². The lowest BCUT2D eigenvalue weighted by molar-refractivity contribution is 0.589. The second-order valence-corrected chi connectivity index (χ2v) is 6.55. The van der Waals surface area contributed by atoms with Gasteiger partial charge in [0, 0.05) is 6.04 Å². The minimum Gasteiger partial charge on any atom is -0.376 e. The minimum absolute atomic E-state index is 0.201. The van der Waals surface area contributed by atoms with Crippen LogP contribution in [0.2, 0.25) is 0 Å². The SMILES string of the molecule is Cc1n[nH]c(C)c1NC(C)c1ccc(C(C)(C)C)cc1. The van der Waals surface area contributed by atoms with Gasteiger partial charge >= 0.3 is 0 Å². The van der Waals surface area contributed by atoms with Gasteiger partial charge in [-0.25, -0.2) is 0 Å². The number of H-pyrrole nitrogens is 1. The van der Waals surface area contributed by atoms with Crippen molar-refractivity contribution in [1.82, 2.24) is 10.2 Å². The molecule has 0 saturated carbocycles. The Bertz CT molecular complexity index is 554. The molecule has 1 unspecified atom stereocenters. The van der Waals surface area contributed by atoms with Crippen molar-refractivity contribution in [1.29, 1.82) is 0 Å². The summed E-state index contributed by atoms with van der Waals surface area (Å²) >= 11 is 0. The molecule has 1 heterocycles. The average molecular weight is 271 g/mol. The van der Waals surface area contributed by atoms with Crippen LogP contribution in [0.3, 0.4) is 0 Å². The van der Waals surface area contributed by atoms with Gasteiger partial charge in [-0.1, -0.05) is 45.0 Å². The van der Waals surface area contributed by atoms with Crippen LogP contribution >= 0.6 is 0 Å². The van der Waals surface area contributed by atoms with Crippen LogP contribution in [0.1, 0.15) is 56.3 Å². The zero-order chi connectivity index (χ0) is 14.9. The molecule has 2 aromatic rings. The normalized spacial score (nSPS) is 13.3. The van der Waals surface area contributed by atoms with Crippen molar-refractivity contribution in [2.75, 3.05) is 5.32 Å². The maximum absolute atomic E-state index is 4.22. The molecule has 0 radical (unpaired) electrons. The average Bonchev–Trinajstić information content (AvgIpc) is 2.69. The van der Waals surface area contributed by atoms with E-state index in [2.05, 4.69) is 67.5 Å². The summed E-state index contributed by atoms with van der Waals surface area (Å²) in [4.78, 5) is 0. The Hall–Kier alpha value is -1.77. The number of aryl methyl sites for hydroxylation is 2. The molecule has 3 heteroatoms. The van der Waals surface area contributed by atoms with Crippen LogP contribution in [-0.2, 0) is 5.41 Å². The highest BCUT2D eigenvalue weighted by molar-refractivity contribution is 5.53. The molecule has 108 valence electrons. The zero-order valence-corrected chi connectivity index (χ0v) is 13.3. The Morgan fingerprint density at radius 2 is 1.70 bits per heavy atom. The molecule has 0 amide bonds. The van der Waals surface area contributed by atoms with Crippen molar-refractivity contribution < 1.29 is 0 Å². The minimum atomic E-state index is 0.201. The Morgan fingerprint density at radius 1 is 1.10 bits per heavy atom. The molecule has 0 fully saturated rings. The van der Waals surface area contributed by atoms with Gasteiger partial charge in [-0.15, -0.1) is 0 Å². The molecular weight excluding hydrogens is 246 g/mol. The number of anilines is 1. The second-order valence-electron chi connectivity index (χ2n) is 6.55. The predicted octanol–water partition coefficient (Wildman–Crippen LogP) is 4.50. The summed E-state index contributed by atoms with van der Waals surface area (Å²) in [7, 11) is 0. The lowest BCUT2D eigenvalue weighted by atomic mass is 9.86. The molecule has 0 saturated heterocycles. The van der Waals surface area contributed by atoms with Crippen LogP contribution in [0, 0.1) is 13.8 Å². The van der Waals surface area contributed by atoms with Crippen molar-refractivity contribution >= 4 is 5.69 Å². The van der Waals surface area contributed by atoms with E-state index in [1.165, 1.54) is 11.1 Å². The summed E-state index contributed by atoms with van der Waals surface area (Å²) in [6.45, 7) is 12.9. The number of nitrogens with zero attached hydrogens (tertiary/aromatic N) is 1. The summed E-state index contributed by atoms with van der Waals surface area (Å²) in [5.74, 6) is 0. The van der Waals surface area contributed by atoms with Crippen molar-refractivity contribution in [3.63, 3.8) is 0 Å². The van der Waals surface area contributed by atoms with Gasteiger partial charge < -0.3 is 5.32 Å². The molecular formula is C17H25N3. The largest absolute Gasteiger partial charge is 0.376 e. The molecule has 0 aliphatic heterocycles. The molecule has 0 spiro atoms. The third-order valence-corrected chi connectivity index (χ3v) is 3.77. The van der Waals surface area contributed by atoms with E-state index in [4.69, 9.17) is 0 Å². The number of hydrogen-bond acceptors (Lipinski definition) is 2. The molecule has 2 N–H and O–H groups in total. The van der Waals surface area contributed by atoms with E-state index < -0.39 is 0 Å². The number of aromatic nitrogens is 2. The summed E-state index contributed by atoms with van der Waals surface area (Å²) in [6, 6.07) is 9.14. The highest BCUT2D eigenvalue weighted by atomic mass is 15.2. The number of aromatic amines is 1. The monoisotopic (exact) mass is 271 g/mol. The molecule has 0 aliphatic carbocycles. The molecule has 0 bridgehead atoms. The van der Waals surface area contributed by atoms with Gasteiger partial charge in [0.05, 0.1) is 17.1 Å². The van der Waals surface area contributed by atoms with E-state index in [0.29, 0.717) is 0 Å². The van der Waals surface area contributed by atoms with Gasteiger partial charge in [-0.3, -0.25) is 5.10 Å². The summed E-state index contributed by atoms with van der Waals surface area (Å²) in [5.41, 5.74) is 6.06. The van der Waals surface area contributed by atoms with Gasteiger partial charge in [0.15, 0.2) is 0 Å². The van der Waals surface area contributed by atoms with E-state index in [0.717, 1.165) is 17.1 Å². The molecule has 20 heavy (non-hydrogen) atoms. The van der Waals surface area contributed by atoms with E-state index in [9.17, 15) is 0 Å². The Balaban J connectivity index is 2.16. The maximum Gasteiger partial charge on any atom is 0.0825 e. The van der Waals surface area contributed by atoms with Gasteiger partial charge in [-0.05, 0) is 37.3 Å². The smallest absolute Gasteiger partial charge is 0.0825 e. The van der Waals surface area contributed by atoms with Crippen LogP contribution in [0.25, 0.3) is 0 Å². The van der Waals surface area contributed by atoms with E-state index in [-0.39, 0.29) is 11.5 Å². The van der Waals surface area contributed by atoms with Crippen LogP contribution in [0.4, 0.5) is 5.69 Å². The van der Waals surface area contributed by atoms with Gasteiger partial charge in [0.2, 0.25) is 0 Å². The van der Waals surface area contributed by atoms with E-state index in [1.807, 2.05) is 13.8 Å². The van der Waals surface area contributed by atoms with Gasteiger partial charge in [0.25, 0.3) is 0 Å². The van der Waals surface area contributed by atoms with Crippen molar-refractivity contribution in [3.8, 4) is 0 Å². The van der Waals surface area contributed by atoms with Gasteiger partial charge in [-0.2, -0.15) is 5.10 Å². The number of rotatable bonds is 3. The molecule has 0 aliphatic rings. The quantitative estimate of drug-likeness (QED) is 0.863. The number of benzene rings is 1. The topological polar surface area (TPSA) is 40.7 Å². The fourth-order valence-corrected chi connectivity index (χ4v) is 2.34. The maximum atomic E-state index is 4.22.